The number of aliphatic hydroxyl groups excluding tert-OH is 2. The summed E-state index contributed by atoms with van der Waals surface area (Å²) in [5.41, 5.74) is 1.83. The van der Waals surface area contributed by atoms with Crippen LogP contribution in [0.15, 0.2) is 23.3 Å². The summed E-state index contributed by atoms with van der Waals surface area (Å²) in [7, 11) is 4.84. The number of amides is 1. The van der Waals surface area contributed by atoms with Crippen molar-refractivity contribution < 1.29 is 53.4 Å². The van der Waals surface area contributed by atoms with Gasteiger partial charge in [-0.25, -0.2) is 0 Å². The van der Waals surface area contributed by atoms with E-state index >= 15 is 0 Å². The molecule has 0 aromatic rings. The van der Waals surface area contributed by atoms with E-state index in [1.54, 1.807) is 26.2 Å². The fraction of sp³-hybridized carbons (Fsp3) is 0.841. The third kappa shape index (κ3) is 11.9. The zero-order valence-corrected chi connectivity index (χ0v) is 35.6. The van der Waals surface area contributed by atoms with Crippen LogP contribution in [0.4, 0.5) is 0 Å². The highest BCUT2D eigenvalue weighted by molar-refractivity contribution is 5.83. The molecule has 12 heteroatoms. The number of hydrogen-bond donors (Lipinski definition) is 3. The van der Waals surface area contributed by atoms with Crippen molar-refractivity contribution in [1.29, 1.82) is 0 Å². The van der Waals surface area contributed by atoms with Crippen molar-refractivity contribution in [2.45, 2.75) is 167 Å². The number of esters is 1. The Labute approximate surface area is 335 Å². The Morgan fingerprint density at radius 3 is 2.29 bits per heavy atom. The first-order chi connectivity index (χ1) is 26.5. The molecule has 0 radical (unpaired) electrons. The number of Topliss-reactive ketones (excluding diaryl/α,β-unsaturated/α-hetero) is 1. The molecule has 1 aliphatic carbocycles. The summed E-state index contributed by atoms with van der Waals surface area (Å²) in [4.78, 5) is 43.6. The molecular formula is C44H73NO11. The van der Waals surface area contributed by atoms with Crippen LogP contribution >= 0.6 is 0 Å². The highest BCUT2D eigenvalue weighted by Gasteiger charge is 2.50. The molecule has 4 rings (SSSR count). The molecule has 0 aromatic heterocycles. The zero-order valence-electron chi connectivity index (χ0n) is 35.6. The van der Waals surface area contributed by atoms with E-state index in [0.29, 0.717) is 57.9 Å². The van der Waals surface area contributed by atoms with Crippen molar-refractivity contribution in [2.24, 2.45) is 35.5 Å². The molecule has 0 aromatic carbocycles. The Bertz CT molecular complexity index is 1370. The Hall–Kier alpha value is -2.19. The van der Waals surface area contributed by atoms with E-state index in [1.807, 2.05) is 40.7 Å². The molecule has 3 fully saturated rings. The first-order valence-electron chi connectivity index (χ1n) is 21.2. The highest BCUT2D eigenvalue weighted by Crippen LogP contribution is 2.40. The average molecular weight is 792 g/mol. The smallest absolute Gasteiger partial charge is 0.311 e. The van der Waals surface area contributed by atoms with Crippen molar-refractivity contribution >= 4 is 17.7 Å². The maximum absolute atomic E-state index is 14.1. The number of ether oxygens (including phenoxy) is 5. The van der Waals surface area contributed by atoms with Crippen molar-refractivity contribution in [3.8, 4) is 0 Å². The van der Waals surface area contributed by atoms with E-state index in [9.17, 15) is 29.7 Å². The highest BCUT2D eigenvalue weighted by atomic mass is 16.7. The van der Waals surface area contributed by atoms with Crippen LogP contribution in [0.3, 0.4) is 0 Å². The predicted molar refractivity (Wildman–Crippen MR) is 212 cm³/mol. The zero-order chi connectivity index (χ0) is 41.3. The summed E-state index contributed by atoms with van der Waals surface area (Å²) in [5, 5.41) is 34.1. The van der Waals surface area contributed by atoms with Gasteiger partial charge in [-0.1, -0.05) is 51.8 Å². The topological polar surface area (TPSA) is 161 Å². The molecule has 12 nitrogen and oxygen atoms in total. The molecule has 2 unspecified atom stereocenters. The number of piperidine rings is 1. The molecule has 4 bridgehead atoms. The van der Waals surface area contributed by atoms with Crippen LogP contribution < -0.4 is 0 Å². The second-order valence-electron chi connectivity index (χ2n) is 17.7. The van der Waals surface area contributed by atoms with Crippen molar-refractivity contribution in [3.63, 3.8) is 0 Å². The number of methoxy groups -OCH3 is 3. The van der Waals surface area contributed by atoms with Gasteiger partial charge < -0.3 is 43.9 Å². The second kappa shape index (κ2) is 21.2. The van der Waals surface area contributed by atoms with Gasteiger partial charge in [-0.3, -0.25) is 14.4 Å². The monoisotopic (exact) mass is 792 g/mol. The molecule has 56 heavy (non-hydrogen) atoms. The van der Waals surface area contributed by atoms with E-state index in [-0.39, 0.29) is 61.0 Å². The fourth-order valence-corrected chi connectivity index (χ4v) is 9.63. The minimum Gasteiger partial charge on any atom is -0.457 e. The van der Waals surface area contributed by atoms with Gasteiger partial charge in [0.15, 0.2) is 5.79 Å². The summed E-state index contributed by atoms with van der Waals surface area (Å²) >= 11 is 0. The number of hydrogen-bond acceptors (Lipinski definition) is 11. The quantitative estimate of drug-likeness (QED) is 0.219. The van der Waals surface area contributed by atoms with E-state index in [0.717, 1.165) is 24.0 Å². The standard InChI is InChI=1S/C44H73NO11/c1-10-12-32-18-26(2)17-27(3)19-38(53-8)42-39(54-9)21-29(5)44(51,56-42)24-40(49)45-16-11-13-33(25-45)43(50)55-41(30(6)35(47)23-36(32)48)28(4)20-31-14-15-34(46)37(22-31)52-7/h18,20,27,29-35,37-39,41-42,46-47,51H,10-17,19,21-25H2,1-9H3/b26-18+,28-20-/t27-,29-,30-,31+,32-,33-,34-,35-,37-,38+,39+,41?,42?,44-/m1/s1. The Morgan fingerprint density at radius 1 is 0.946 bits per heavy atom. The molecule has 3 aliphatic heterocycles. The Balaban J connectivity index is 1.69. The van der Waals surface area contributed by atoms with Crippen LogP contribution in [-0.2, 0) is 38.1 Å². The van der Waals surface area contributed by atoms with Gasteiger partial charge in [0.05, 0.1) is 42.9 Å². The van der Waals surface area contributed by atoms with Crippen LogP contribution in [0.2, 0.25) is 0 Å². The number of ketones is 1. The van der Waals surface area contributed by atoms with E-state index < -0.39 is 60.0 Å². The lowest BCUT2D eigenvalue weighted by atomic mass is 9.81. The first kappa shape index (κ1) is 46.5. The van der Waals surface area contributed by atoms with Gasteiger partial charge in [0, 0.05) is 58.6 Å². The molecule has 1 amide bonds. The molecule has 2 saturated heterocycles. The van der Waals surface area contributed by atoms with E-state index in [1.165, 1.54) is 0 Å². The normalized spacial score (nSPS) is 41.5. The van der Waals surface area contributed by atoms with Gasteiger partial charge in [-0.2, -0.15) is 0 Å². The average Bonchev–Trinajstić information content (AvgIpc) is 3.16. The molecule has 320 valence electrons. The van der Waals surface area contributed by atoms with E-state index in [4.69, 9.17) is 23.7 Å². The minimum atomic E-state index is -1.76. The van der Waals surface area contributed by atoms with Gasteiger partial charge in [0.1, 0.15) is 18.0 Å². The number of allylic oxidation sites excluding steroid dienone is 3. The Morgan fingerprint density at radius 2 is 1.62 bits per heavy atom. The number of carbonyl (C=O) groups is 3. The maximum atomic E-state index is 14.1. The Kier molecular flexibility index (Phi) is 17.6. The second-order valence-corrected chi connectivity index (χ2v) is 17.7. The van der Waals surface area contributed by atoms with Crippen LogP contribution in [0.25, 0.3) is 0 Å². The van der Waals surface area contributed by atoms with Gasteiger partial charge >= 0.3 is 5.97 Å². The summed E-state index contributed by atoms with van der Waals surface area (Å²) in [6.07, 6.45) is 5.88. The van der Waals surface area contributed by atoms with E-state index in [2.05, 4.69) is 13.0 Å². The number of fused-ring (bicyclic) bond motifs is 4. The van der Waals surface area contributed by atoms with Crippen LogP contribution in [0.5, 0.6) is 0 Å². The molecule has 3 N–H and O–H groups in total. The van der Waals surface area contributed by atoms with Crippen molar-refractivity contribution in [2.75, 3.05) is 34.4 Å². The van der Waals surface area contributed by atoms with Crippen LogP contribution in [-0.4, -0.2) is 121 Å². The lowest BCUT2D eigenvalue weighted by molar-refractivity contribution is -0.321. The maximum Gasteiger partial charge on any atom is 0.311 e. The summed E-state index contributed by atoms with van der Waals surface area (Å²) < 4.78 is 30.2. The number of nitrogens with zero attached hydrogens (tertiary/aromatic N) is 1. The number of carbonyl (C=O) groups excluding carboxylic acids is 3. The molecular weight excluding hydrogens is 718 g/mol. The van der Waals surface area contributed by atoms with Crippen molar-refractivity contribution in [1.82, 2.24) is 4.90 Å². The molecule has 4 aliphatic rings. The fourth-order valence-electron chi connectivity index (χ4n) is 9.63. The van der Waals surface area contributed by atoms with Gasteiger partial charge in [0.25, 0.3) is 0 Å². The third-order valence-electron chi connectivity index (χ3n) is 13.1. The lowest BCUT2D eigenvalue weighted by Crippen LogP contribution is -2.59. The van der Waals surface area contributed by atoms with Gasteiger partial charge in [-0.05, 0) is 89.0 Å². The SMILES string of the molecule is CCC[C@@H]1/C=C(\C)C[C@@H](C)C[C@H](OC)C2O[C@](O)(CC(=O)N3CCC[C@H](C3)C(=O)OC(/C(C)=C\[C@@H]3CC[C@@H](O)[C@H](OC)C3)[C@H](C)[C@H](O)CC1=O)[C@H](C)C[C@@H]2OC. The molecule has 14 atom stereocenters. The first-order valence-corrected chi connectivity index (χ1v) is 21.2. The number of rotatable bonds is 7. The minimum absolute atomic E-state index is 0.0561. The predicted octanol–water partition coefficient (Wildman–Crippen LogP) is 5.54. The van der Waals surface area contributed by atoms with Crippen molar-refractivity contribution in [3.05, 3.63) is 23.3 Å². The molecule has 0 spiro atoms. The number of aliphatic hydroxyl groups is 3. The molecule has 3 heterocycles. The van der Waals surface area contributed by atoms with Gasteiger partial charge in [0.2, 0.25) is 5.91 Å². The van der Waals surface area contributed by atoms with Gasteiger partial charge in [-0.15, -0.1) is 0 Å². The van der Waals surface area contributed by atoms with Crippen LogP contribution in [0.1, 0.15) is 119 Å². The third-order valence-corrected chi connectivity index (χ3v) is 13.1. The lowest BCUT2D eigenvalue weighted by Gasteiger charge is -2.48. The largest absolute Gasteiger partial charge is 0.457 e. The molecule has 1 saturated carbocycles. The summed E-state index contributed by atoms with van der Waals surface area (Å²) in [5.74, 6) is -4.38. The van der Waals surface area contributed by atoms with Crippen LogP contribution in [0, 0.1) is 35.5 Å². The summed E-state index contributed by atoms with van der Waals surface area (Å²) in [6, 6.07) is 0. The number of cyclic esters (lactones) is 1. The summed E-state index contributed by atoms with van der Waals surface area (Å²) in [6.45, 7) is 12.4.